The number of carbonyl (C=O) groups is 2. The van der Waals surface area contributed by atoms with Crippen molar-refractivity contribution in [1.29, 1.82) is 0 Å². The summed E-state index contributed by atoms with van der Waals surface area (Å²) in [4.78, 5) is 26.7. The molecule has 0 spiro atoms. The van der Waals surface area contributed by atoms with E-state index >= 15 is 0 Å². The molecule has 0 fully saturated rings. The van der Waals surface area contributed by atoms with Crippen molar-refractivity contribution in [2.75, 3.05) is 12.0 Å². The van der Waals surface area contributed by atoms with Crippen LogP contribution < -0.4 is 9.64 Å². The number of carbonyl (C=O) groups excluding carboxylic acids is 2. The van der Waals surface area contributed by atoms with E-state index < -0.39 is 11.7 Å². The van der Waals surface area contributed by atoms with Crippen molar-refractivity contribution in [1.82, 2.24) is 0 Å². The van der Waals surface area contributed by atoms with E-state index in [2.05, 4.69) is 0 Å². The molecule has 0 radical (unpaired) electrons. The van der Waals surface area contributed by atoms with Crippen molar-refractivity contribution >= 4 is 17.7 Å². The van der Waals surface area contributed by atoms with Crippen LogP contribution in [0.25, 0.3) is 0 Å². The third kappa shape index (κ3) is 4.16. The van der Waals surface area contributed by atoms with Gasteiger partial charge in [0.2, 0.25) is 5.91 Å². The van der Waals surface area contributed by atoms with Crippen LogP contribution in [0.5, 0.6) is 5.75 Å². The first-order chi connectivity index (χ1) is 11.2. The van der Waals surface area contributed by atoms with Crippen LogP contribution in [0.3, 0.4) is 0 Å². The minimum Gasteiger partial charge on any atom is -0.496 e. The molecule has 0 aliphatic heterocycles. The maximum absolute atomic E-state index is 12.9. The Balaban J connectivity index is 2.38. The molecule has 24 heavy (non-hydrogen) atoms. The summed E-state index contributed by atoms with van der Waals surface area (Å²) in [5, 5.41) is 0. The Bertz CT molecular complexity index is 650. The number of hydrogen-bond donors (Lipinski definition) is 0. The van der Waals surface area contributed by atoms with Crippen molar-refractivity contribution < 1.29 is 19.1 Å². The van der Waals surface area contributed by atoms with Gasteiger partial charge in [-0.2, -0.15) is 0 Å². The van der Waals surface area contributed by atoms with Crippen molar-refractivity contribution in [3.63, 3.8) is 0 Å². The van der Waals surface area contributed by atoms with Gasteiger partial charge in [0.05, 0.1) is 12.8 Å². The lowest BCUT2D eigenvalue weighted by molar-refractivity contribution is -0.121. The van der Waals surface area contributed by atoms with Gasteiger partial charge in [-0.25, -0.2) is 9.69 Å². The molecule has 0 bridgehead atoms. The summed E-state index contributed by atoms with van der Waals surface area (Å²) in [6, 6.07) is 5.26. The molecular formula is C19H25NO4. The van der Waals surface area contributed by atoms with Crippen LogP contribution >= 0.6 is 0 Å². The fraction of sp³-hybridized carbons (Fsp3) is 0.474. The molecule has 2 amide bonds. The Morgan fingerprint density at radius 1 is 1.17 bits per heavy atom. The van der Waals surface area contributed by atoms with Gasteiger partial charge in [0.1, 0.15) is 11.4 Å². The Labute approximate surface area is 143 Å². The number of anilines is 1. The highest BCUT2D eigenvalue weighted by atomic mass is 16.6. The fourth-order valence-corrected chi connectivity index (χ4v) is 2.58. The molecule has 2 rings (SSSR count). The summed E-state index contributed by atoms with van der Waals surface area (Å²) in [7, 11) is 1.56. The van der Waals surface area contributed by atoms with E-state index in [1.807, 2.05) is 25.1 Å². The average Bonchev–Trinajstić information content (AvgIpc) is 3.01. The van der Waals surface area contributed by atoms with Crippen molar-refractivity contribution in [3.05, 3.63) is 35.9 Å². The van der Waals surface area contributed by atoms with E-state index in [9.17, 15) is 9.59 Å². The lowest BCUT2D eigenvalue weighted by Gasteiger charge is -2.28. The molecular weight excluding hydrogens is 306 g/mol. The molecule has 0 heterocycles. The molecule has 1 aromatic rings. The molecule has 0 aromatic heterocycles. The van der Waals surface area contributed by atoms with Gasteiger partial charge in [0.25, 0.3) is 0 Å². The summed E-state index contributed by atoms with van der Waals surface area (Å²) in [5.41, 5.74) is 0.710. The second kappa shape index (κ2) is 7.07. The van der Waals surface area contributed by atoms with Crippen LogP contribution in [0.4, 0.5) is 10.5 Å². The quantitative estimate of drug-likeness (QED) is 0.778. The van der Waals surface area contributed by atoms with Gasteiger partial charge in [-0.3, -0.25) is 4.79 Å². The van der Waals surface area contributed by atoms with Gasteiger partial charge in [-0.05, 0) is 52.2 Å². The lowest BCUT2D eigenvalue weighted by Crippen LogP contribution is -2.43. The Hall–Kier alpha value is -2.30. The van der Waals surface area contributed by atoms with Crippen molar-refractivity contribution in [3.8, 4) is 5.75 Å². The summed E-state index contributed by atoms with van der Waals surface area (Å²) in [5.74, 6) is 0.142. The number of allylic oxidation sites excluding steroid dienone is 2. The minimum atomic E-state index is -0.682. The zero-order valence-corrected chi connectivity index (χ0v) is 15.0. The van der Waals surface area contributed by atoms with Gasteiger partial charge in [-0.15, -0.1) is 0 Å². The van der Waals surface area contributed by atoms with E-state index in [0.717, 1.165) is 10.5 Å². The Kier molecular flexibility index (Phi) is 5.32. The minimum absolute atomic E-state index is 0.232. The number of amides is 2. The van der Waals surface area contributed by atoms with E-state index in [1.54, 1.807) is 40.0 Å². The molecule has 0 unspecified atom stereocenters. The molecule has 0 N–H and O–H groups in total. The molecule has 0 atom stereocenters. The molecule has 1 aliphatic rings. The van der Waals surface area contributed by atoms with Crippen molar-refractivity contribution in [2.45, 2.75) is 46.1 Å². The third-order valence-electron chi connectivity index (χ3n) is 3.80. The van der Waals surface area contributed by atoms with Gasteiger partial charge in [0.15, 0.2) is 0 Å². The number of ether oxygens (including phenoxy) is 2. The van der Waals surface area contributed by atoms with Crippen LogP contribution in [0.2, 0.25) is 0 Å². The molecule has 5 nitrogen and oxygen atoms in total. The Morgan fingerprint density at radius 3 is 2.33 bits per heavy atom. The summed E-state index contributed by atoms with van der Waals surface area (Å²) < 4.78 is 10.8. The molecule has 0 saturated heterocycles. The monoisotopic (exact) mass is 331 g/mol. The number of imide groups is 1. The van der Waals surface area contributed by atoms with E-state index in [4.69, 9.17) is 9.47 Å². The smallest absolute Gasteiger partial charge is 0.421 e. The van der Waals surface area contributed by atoms with Crippen LogP contribution in [0, 0.1) is 12.8 Å². The zero-order valence-electron chi connectivity index (χ0n) is 15.0. The molecule has 1 aliphatic carbocycles. The van der Waals surface area contributed by atoms with E-state index in [0.29, 0.717) is 24.3 Å². The number of hydrogen-bond acceptors (Lipinski definition) is 4. The molecule has 5 heteroatoms. The lowest BCUT2D eigenvalue weighted by atomic mass is 10.1. The first-order valence-electron chi connectivity index (χ1n) is 8.09. The number of nitrogens with zero attached hydrogens (tertiary/aromatic N) is 1. The number of methoxy groups -OCH3 is 1. The van der Waals surface area contributed by atoms with Gasteiger partial charge in [-0.1, -0.05) is 18.2 Å². The van der Waals surface area contributed by atoms with Gasteiger partial charge >= 0.3 is 6.09 Å². The predicted molar refractivity (Wildman–Crippen MR) is 93.3 cm³/mol. The highest BCUT2D eigenvalue weighted by Gasteiger charge is 2.33. The third-order valence-corrected chi connectivity index (χ3v) is 3.80. The first kappa shape index (κ1) is 18.0. The highest BCUT2D eigenvalue weighted by Crippen LogP contribution is 2.30. The largest absolute Gasteiger partial charge is 0.496 e. The Morgan fingerprint density at radius 2 is 1.79 bits per heavy atom. The topological polar surface area (TPSA) is 55.8 Å². The van der Waals surface area contributed by atoms with Crippen LogP contribution in [-0.4, -0.2) is 24.7 Å². The zero-order chi connectivity index (χ0) is 17.9. The number of rotatable bonds is 3. The maximum atomic E-state index is 12.9. The first-order valence-corrected chi connectivity index (χ1v) is 8.09. The van der Waals surface area contributed by atoms with Crippen LogP contribution in [0.1, 0.15) is 39.2 Å². The summed E-state index contributed by atoms with van der Waals surface area (Å²) in [6.45, 7) is 7.24. The number of aryl methyl sites for hydroxylation is 1. The fourth-order valence-electron chi connectivity index (χ4n) is 2.58. The second-order valence-electron chi connectivity index (χ2n) is 6.95. The molecule has 1 aromatic carbocycles. The maximum Gasteiger partial charge on any atom is 0.421 e. The normalized spacial score (nSPS) is 14.5. The van der Waals surface area contributed by atoms with Gasteiger partial charge in [0, 0.05) is 12.0 Å². The highest BCUT2D eigenvalue weighted by molar-refractivity contribution is 6.13. The number of benzene rings is 1. The summed E-state index contributed by atoms with van der Waals surface area (Å²) >= 11 is 0. The second-order valence-corrected chi connectivity index (χ2v) is 6.95. The average molecular weight is 331 g/mol. The van der Waals surface area contributed by atoms with Crippen LogP contribution in [-0.2, 0) is 9.53 Å². The molecule has 0 saturated carbocycles. The molecule has 130 valence electrons. The van der Waals surface area contributed by atoms with Crippen LogP contribution in [0.15, 0.2) is 30.4 Å². The van der Waals surface area contributed by atoms with E-state index in [1.165, 1.54) is 0 Å². The predicted octanol–water partition coefficient (Wildman–Crippen LogP) is 4.24. The van der Waals surface area contributed by atoms with E-state index in [-0.39, 0.29) is 11.8 Å². The van der Waals surface area contributed by atoms with Gasteiger partial charge < -0.3 is 9.47 Å². The van der Waals surface area contributed by atoms with Crippen molar-refractivity contribution in [2.24, 2.45) is 5.92 Å². The summed E-state index contributed by atoms with van der Waals surface area (Å²) in [6.07, 6.45) is 4.55. The SMILES string of the molecule is COc1cc(N(C(=O)OC(C)(C)C)C(=O)C2CC=CC2)ccc1C. The standard InChI is InChI=1S/C19H25NO4/c1-13-10-11-15(12-16(13)23-5)20(18(22)24-19(2,3)4)17(21)14-8-6-7-9-14/h6-7,10-12,14H,8-9H2,1-5H3.